The van der Waals surface area contributed by atoms with Crippen LogP contribution in [-0.4, -0.2) is 74.5 Å². The maximum absolute atomic E-state index is 12.6. The Morgan fingerprint density at radius 1 is 1.22 bits per heavy atom. The fraction of sp³-hybridized carbons (Fsp3) is 0.650. The lowest BCUT2D eigenvalue weighted by Gasteiger charge is -2.37. The Labute approximate surface area is 162 Å². The van der Waals surface area contributed by atoms with Crippen molar-refractivity contribution >= 4 is 15.7 Å². The van der Waals surface area contributed by atoms with E-state index in [-0.39, 0.29) is 24.3 Å². The molecule has 0 spiro atoms. The number of amides is 1. The third-order valence-electron chi connectivity index (χ3n) is 5.53. The van der Waals surface area contributed by atoms with Crippen molar-refractivity contribution in [2.24, 2.45) is 0 Å². The summed E-state index contributed by atoms with van der Waals surface area (Å²) in [5, 5.41) is 0. The monoisotopic (exact) mass is 394 g/mol. The van der Waals surface area contributed by atoms with Crippen LogP contribution in [0.25, 0.3) is 0 Å². The lowest BCUT2D eigenvalue weighted by Crippen LogP contribution is -2.53. The van der Waals surface area contributed by atoms with Gasteiger partial charge in [0.15, 0.2) is 16.4 Å². The molecule has 2 aliphatic heterocycles. The summed E-state index contributed by atoms with van der Waals surface area (Å²) in [5.41, 5.74) is 2.22. The minimum atomic E-state index is -2.87. The Morgan fingerprint density at radius 3 is 2.52 bits per heavy atom. The standard InChI is InChI=1S/C20H30N2O4S/c1-15(2)18-5-4-16(3)12-19(18)26-13-20(23)22-9-7-21(8-10-22)17-6-11-27(24,25)14-17/h4-5,12,15,17H,6-11,13-14H2,1-3H3. The van der Waals surface area contributed by atoms with Gasteiger partial charge in [0.2, 0.25) is 0 Å². The minimum Gasteiger partial charge on any atom is -0.483 e. The molecule has 2 saturated heterocycles. The molecule has 1 unspecified atom stereocenters. The number of benzene rings is 1. The van der Waals surface area contributed by atoms with E-state index in [0.717, 1.165) is 30.0 Å². The van der Waals surface area contributed by atoms with Crippen LogP contribution in [0.4, 0.5) is 0 Å². The highest BCUT2D eigenvalue weighted by Gasteiger charge is 2.34. The van der Waals surface area contributed by atoms with Crippen molar-refractivity contribution in [3.63, 3.8) is 0 Å². The Balaban J connectivity index is 1.51. The summed E-state index contributed by atoms with van der Waals surface area (Å²) in [4.78, 5) is 16.6. The van der Waals surface area contributed by atoms with Crippen molar-refractivity contribution in [2.45, 2.75) is 39.2 Å². The molecule has 0 radical (unpaired) electrons. The molecular formula is C20H30N2O4S. The van der Waals surface area contributed by atoms with Crippen molar-refractivity contribution in [1.29, 1.82) is 0 Å². The zero-order chi connectivity index (χ0) is 19.6. The minimum absolute atomic E-state index is 0.00935. The molecular weight excluding hydrogens is 364 g/mol. The van der Waals surface area contributed by atoms with E-state index in [1.165, 1.54) is 0 Å². The first kappa shape index (κ1) is 20.1. The zero-order valence-electron chi connectivity index (χ0n) is 16.5. The maximum Gasteiger partial charge on any atom is 0.260 e. The molecule has 0 bridgehead atoms. The molecule has 0 aromatic heterocycles. The molecule has 2 fully saturated rings. The number of sulfone groups is 1. The summed E-state index contributed by atoms with van der Waals surface area (Å²) in [6, 6.07) is 6.23. The predicted molar refractivity (Wildman–Crippen MR) is 106 cm³/mol. The quantitative estimate of drug-likeness (QED) is 0.762. The van der Waals surface area contributed by atoms with E-state index in [4.69, 9.17) is 4.74 Å². The fourth-order valence-electron chi connectivity index (χ4n) is 3.87. The van der Waals surface area contributed by atoms with Gasteiger partial charge < -0.3 is 9.64 Å². The maximum atomic E-state index is 12.6. The van der Waals surface area contributed by atoms with Crippen molar-refractivity contribution in [3.05, 3.63) is 29.3 Å². The predicted octanol–water partition coefficient (Wildman–Crippen LogP) is 1.83. The highest BCUT2D eigenvalue weighted by Crippen LogP contribution is 2.27. The molecule has 0 saturated carbocycles. The molecule has 7 heteroatoms. The van der Waals surface area contributed by atoms with Gasteiger partial charge in [-0.1, -0.05) is 26.0 Å². The third kappa shape index (κ3) is 5.02. The molecule has 6 nitrogen and oxygen atoms in total. The van der Waals surface area contributed by atoms with Gasteiger partial charge in [-0.25, -0.2) is 8.42 Å². The van der Waals surface area contributed by atoms with E-state index in [9.17, 15) is 13.2 Å². The van der Waals surface area contributed by atoms with Gasteiger partial charge in [-0.15, -0.1) is 0 Å². The summed E-state index contributed by atoms with van der Waals surface area (Å²) in [7, 11) is -2.87. The molecule has 0 aliphatic carbocycles. The smallest absolute Gasteiger partial charge is 0.260 e. The van der Waals surface area contributed by atoms with Gasteiger partial charge in [0, 0.05) is 32.2 Å². The molecule has 27 heavy (non-hydrogen) atoms. The van der Waals surface area contributed by atoms with E-state index in [1.807, 2.05) is 17.9 Å². The Hall–Kier alpha value is -1.60. The highest BCUT2D eigenvalue weighted by molar-refractivity contribution is 7.91. The molecule has 150 valence electrons. The molecule has 1 atom stereocenters. The van der Waals surface area contributed by atoms with Crippen LogP contribution in [0.15, 0.2) is 18.2 Å². The average molecular weight is 395 g/mol. The summed E-state index contributed by atoms with van der Waals surface area (Å²) < 4.78 is 29.2. The number of carbonyl (C=O) groups is 1. The van der Waals surface area contributed by atoms with Gasteiger partial charge in [0.25, 0.3) is 5.91 Å². The number of carbonyl (C=O) groups excluding carboxylic acids is 1. The van der Waals surface area contributed by atoms with Gasteiger partial charge in [-0.05, 0) is 36.5 Å². The number of piperazine rings is 1. The van der Waals surface area contributed by atoms with Crippen LogP contribution >= 0.6 is 0 Å². The van der Waals surface area contributed by atoms with Gasteiger partial charge in [-0.2, -0.15) is 0 Å². The second kappa shape index (κ2) is 8.19. The van der Waals surface area contributed by atoms with Crippen LogP contribution in [0.5, 0.6) is 5.75 Å². The van der Waals surface area contributed by atoms with Gasteiger partial charge in [0.05, 0.1) is 11.5 Å². The highest BCUT2D eigenvalue weighted by atomic mass is 32.2. The van der Waals surface area contributed by atoms with Crippen molar-refractivity contribution in [3.8, 4) is 5.75 Å². The van der Waals surface area contributed by atoms with Crippen LogP contribution in [-0.2, 0) is 14.6 Å². The van der Waals surface area contributed by atoms with Crippen LogP contribution in [0.3, 0.4) is 0 Å². The summed E-state index contributed by atoms with van der Waals surface area (Å²) in [6.45, 7) is 9.00. The molecule has 2 aliphatic rings. The van der Waals surface area contributed by atoms with E-state index in [0.29, 0.717) is 31.2 Å². The second-order valence-corrected chi connectivity index (χ2v) is 10.2. The van der Waals surface area contributed by atoms with Gasteiger partial charge >= 0.3 is 0 Å². The molecule has 1 amide bonds. The number of nitrogens with zero attached hydrogens (tertiary/aromatic N) is 2. The van der Waals surface area contributed by atoms with Gasteiger partial charge in [-0.3, -0.25) is 9.69 Å². The SMILES string of the molecule is Cc1ccc(C(C)C)c(OCC(=O)N2CCN(C3CCS(=O)(=O)C3)CC2)c1. The van der Waals surface area contributed by atoms with Crippen molar-refractivity contribution < 1.29 is 17.9 Å². The van der Waals surface area contributed by atoms with Gasteiger partial charge in [0.1, 0.15) is 5.75 Å². The number of ether oxygens (including phenoxy) is 1. The van der Waals surface area contributed by atoms with Crippen LogP contribution in [0, 0.1) is 6.92 Å². The van der Waals surface area contributed by atoms with E-state index < -0.39 is 9.84 Å². The van der Waals surface area contributed by atoms with Crippen LogP contribution in [0.1, 0.15) is 37.3 Å². The Kier molecular flexibility index (Phi) is 6.11. The van der Waals surface area contributed by atoms with Crippen LogP contribution in [0.2, 0.25) is 0 Å². The van der Waals surface area contributed by atoms with E-state index in [1.54, 1.807) is 0 Å². The third-order valence-corrected chi connectivity index (χ3v) is 7.28. The van der Waals surface area contributed by atoms with Crippen molar-refractivity contribution in [2.75, 3.05) is 44.3 Å². The Bertz CT molecular complexity index is 783. The summed E-state index contributed by atoms with van der Waals surface area (Å²) >= 11 is 0. The summed E-state index contributed by atoms with van der Waals surface area (Å²) in [5.74, 6) is 1.66. The van der Waals surface area contributed by atoms with Crippen LogP contribution < -0.4 is 4.74 Å². The number of rotatable bonds is 5. The molecule has 0 N–H and O–H groups in total. The molecule has 3 rings (SSSR count). The largest absolute Gasteiger partial charge is 0.483 e. The molecule has 1 aromatic rings. The first-order valence-electron chi connectivity index (χ1n) is 9.71. The number of hydrogen-bond acceptors (Lipinski definition) is 5. The van der Waals surface area contributed by atoms with E-state index in [2.05, 4.69) is 30.9 Å². The normalized spacial score (nSPS) is 23.0. The topological polar surface area (TPSA) is 66.9 Å². The number of hydrogen-bond donors (Lipinski definition) is 0. The van der Waals surface area contributed by atoms with Crippen molar-refractivity contribution in [1.82, 2.24) is 9.80 Å². The summed E-state index contributed by atoms with van der Waals surface area (Å²) in [6.07, 6.45) is 0.713. The molecule has 2 heterocycles. The fourth-order valence-corrected chi connectivity index (χ4v) is 5.64. The first-order chi connectivity index (χ1) is 12.7. The lowest BCUT2D eigenvalue weighted by molar-refractivity contribution is -0.135. The molecule has 1 aromatic carbocycles. The first-order valence-corrected chi connectivity index (χ1v) is 11.5. The zero-order valence-corrected chi connectivity index (χ0v) is 17.3. The average Bonchev–Trinajstić information content (AvgIpc) is 2.99. The number of aryl methyl sites for hydroxylation is 1. The second-order valence-electron chi connectivity index (χ2n) is 7.96. The lowest BCUT2D eigenvalue weighted by atomic mass is 10.0. The van der Waals surface area contributed by atoms with E-state index >= 15 is 0 Å². The Morgan fingerprint density at radius 2 is 1.93 bits per heavy atom.